The van der Waals surface area contributed by atoms with Crippen molar-refractivity contribution < 1.29 is 9.59 Å². The molecule has 0 spiro atoms. The van der Waals surface area contributed by atoms with Gasteiger partial charge in [-0.2, -0.15) is 11.8 Å². The van der Waals surface area contributed by atoms with Crippen molar-refractivity contribution in [1.82, 2.24) is 9.88 Å². The van der Waals surface area contributed by atoms with Gasteiger partial charge in [0, 0.05) is 30.0 Å². The van der Waals surface area contributed by atoms with Gasteiger partial charge in [-0.05, 0) is 0 Å². The summed E-state index contributed by atoms with van der Waals surface area (Å²) >= 11 is 3.01. The molecule has 0 saturated carbocycles. The molecule has 0 unspecified atom stereocenters. The van der Waals surface area contributed by atoms with Crippen LogP contribution in [0.15, 0.2) is 5.38 Å². The maximum atomic E-state index is 11.9. The molecular weight excluding hydrogens is 246 g/mol. The Morgan fingerprint density at radius 3 is 2.62 bits per heavy atom. The molecule has 0 radical (unpaired) electrons. The molecular formula is C9H11N3O2S2. The molecule has 1 aliphatic heterocycles. The molecule has 2 amide bonds. The minimum Gasteiger partial charge on any atom is -0.364 e. The topological polar surface area (TPSA) is 76.3 Å². The molecule has 2 N–H and O–H groups in total. The Balaban J connectivity index is 2.10. The lowest BCUT2D eigenvalue weighted by molar-refractivity contribution is 0.0772. The van der Waals surface area contributed by atoms with Crippen LogP contribution in [0.1, 0.15) is 20.3 Å². The molecule has 1 aromatic rings. The van der Waals surface area contributed by atoms with Crippen LogP contribution in [0.3, 0.4) is 0 Å². The highest BCUT2D eigenvalue weighted by molar-refractivity contribution is 7.99. The average Bonchev–Trinajstić information content (AvgIpc) is 2.78. The summed E-state index contributed by atoms with van der Waals surface area (Å²) in [6.45, 7) is 1.49. The standard InChI is InChI=1S/C9H11N3O2S2/c10-7(13)6-5-16-8(11-6)9(14)12-1-3-15-4-2-12/h5H,1-4H2,(H2,10,13). The lowest BCUT2D eigenvalue weighted by Crippen LogP contribution is -2.37. The van der Waals surface area contributed by atoms with Crippen molar-refractivity contribution in [3.63, 3.8) is 0 Å². The number of thiazole rings is 1. The molecule has 7 heteroatoms. The number of thioether (sulfide) groups is 1. The van der Waals surface area contributed by atoms with Crippen molar-refractivity contribution in [3.05, 3.63) is 16.1 Å². The van der Waals surface area contributed by atoms with E-state index < -0.39 is 5.91 Å². The van der Waals surface area contributed by atoms with Gasteiger partial charge in [-0.3, -0.25) is 9.59 Å². The van der Waals surface area contributed by atoms with Crippen LogP contribution < -0.4 is 5.73 Å². The molecule has 2 heterocycles. The molecule has 1 saturated heterocycles. The molecule has 1 aliphatic rings. The van der Waals surface area contributed by atoms with Crippen LogP contribution in [0, 0.1) is 0 Å². The third-order valence-electron chi connectivity index (χ3n) is 2.24. The van der Waals surface area contributed by atoms with E-state index in [-0.39, 0.29) is 11.6 Å². The molecule has 2 rings (SSSR count). The van der Waals surface area contributed by atoms with E-state index in [9.17, 15) is 9.59 Å². The zero-order valence-electron chi connectivity index (χ0n) is 8.51. The van der Waals surface area contributed by atoms with E-state index in [1.54, 1.807) is 4.90 Å². The van der Waals surface area contributed by atoms with E-state index in [1.165, 1.54) is 16.7 Å². The van der Waals surface area contributed by atoms with E-state index in [2.05, 4.69) is 4.98 Å². The fourth-order valence-corrected chi connectivity index (χ4v) is 3.06. The van der Waals surface area contributed by atoms with Crippen molar-refractivity contribution >= 4 is 34.9 Å². The maximum Gasteiger partial charge on any atom is 0.282 e. The first-order chi connectivity index (χ1) is 7.68. The van der Waals surface area contributed by atoms with Crippen LogP contribution >= 0.6 is 23.1 Å². The number of hydrogen-bond acceptors (Lipinski definition) is 5. The molecule has 16 heavy (non-hydrogen) atoms. The Kier molecular flexibility index (Phi) is 3.45. The van der Waals surface area contributed by atoms with Crippen LogP contribution in [-0.4, -0.2) is 46.3 Å². The Morgan fingerprint density at radius 1 is 1.38 bits per heavy atom. The number of amides is 2. The van der Waals surface area contributed by atoms with E-state index in [0.29, 0.717) is 5.01 Å². The van der Waals surface area contributed by atoms with Crippen molar-refractivity contribution in [3.8, 4) is 0 Å². The minimum atomic E-state index is -0.593. The van der Waals surface area contributed by atoms with Gasteiger partial charge in [0.05, 0.1) is 0 Å². The van der Waals surface area contributed by atoms with Crippen molar-refractivity contribution in [2.45, 2.75) is 0 Å². The highest BCUT2D eigenvalue weighted by Gasteiger charge is 2.21. The third-order valence-corrected chi connectivity index (χ3v) is 4.01. The van der Waals surface area contributed by atoms with Crippen LogP contribution in [0.5, 0.6) is 0 Å². The molecule has 1 fully saturated rings. The maximum absolute atomic E-state index is 11.9. The molecule has 0 aromatic carbocycles. The van der Waals surface area contributed by atoms with Gasteiger partial charge < -0.3 is 10.6 Å². The van der Waals surface area contributed by atoms with Crippen LogP contribution in [0.4, 0.5) is 0 Å². The van der Waals surface area contributed by atoms with Gasteiger partial charge in [0.2, 0.25) is 0 Å². The van der Waals surface area contributed by atoms with E-state index in [0.717, 1.165) is 24.6 Å². The van der Waals surface area contributed by atoms with Gasteiger partial charge in [0.15, 0.2) is 5.01 Å². The smallest absolute Gasteiger partial charge is 0.282 e. The van der Waals surface area contributed by atoms with Gasteiger partial charge in [-0.25, -0.2) is 4.98 Å². The number of nitrogens with two attached hydrogens (primary N) is 1. The SMILES string of the molecule is NC(=O)c1csc(C(=O)N2CCSCC2)n1. The summed E-state index contributed by atoms with van der Waals surface area (Å²) in [5.41, 5.74) is 5.25. The largest absolute Gasteiger partial charge is 0.364 e. The summed E-state index contributed by atoms with van der Waals surface area (Å²) in [5, 5.41) is 1.87. The number of carbonyl (C=O) groups is 2. The minimum absolute atomic E-state index is 0.0993. The number of carbonyl (C=O) groups excluding carboxylic acids is 2. The van der Waals surface area contributed by atoms with Crippen molar-refractivity contribution in [2.75, 3.05) is 24.6 Å². The zero-order valence-corrected chi connectivity index (χ0v) is 10.1. The van der Waals surface area contributed by atoms with Gasteiger partial charge in [-0.1, -0.05) is 0 Å². The lowest BCUT2D eigenvalue weighted by Gasteiger charge is -2.25. The Hall–Kier alpha value is -1.08. The third kappa shape index (κ3) is 2.35. The van der Waals surface area contributed by atoms with Crippen LogP contribution in [0.25, 0.3) is 0 Å². The molecule has 0 atom stereocenters. The number of nitrogens with zero attached hydrogens (tertiary/aromatic N) is 2. The predicted molar refractivity (Wildman–Crippen MR) is 63.9 cm³/mol. The van der Waals surface area contributed by atoms with Gasteiger partial charge >= 0.3 is 0 Å². The fourth-order valence-electron chi connectivity index (χ4n) is 1.39. The first-order valence-corrected chi connectivity index (χ1v) is 6.84. The van der Waals surface area contributed by atoms with E-state index in [4.69, 9.17) is 5.73 Å². The van der Waals surface area contributed by atoms with Gasteiger partial charge in [0.25, 0.3) is 11.8 Å². The first kappa shape index (κ1) is 11.4. The second-order valence-electron chi connectivity index (χ2n) is 3.31. The second kappa shape index (κ2) is 4.84. The zero-order chi connectivity index (χ0) is 11.5. The quantitative estimate of drug-likeness (QED) is 0.833. The number of primary amides is 1. The molecule has 0 bridgehead atoms. The monoisotopic (exact) mass is 257 g/mol. The Labute approximate surface area is 101 Å². The number of hydrogen-bond donors (Lipinski definition) is 1. The first-order valence-electron chi connectivity index (χ1n) is 4.81. The van der Waals surface area contributed by atoms with E-state index >= 15 is 0 Å². The van der Waals surface area contributed by atoms with E-state index in [1.807, 2.05) is 11.8 Å². The second-order valence-corrected chi connectivity index (χ2v) is 5.39. The summed E-state index contributed by atoms with van der Waals surface area (Å²) in [7, 11) is 0. The van der Waals surface area contributed by atoms with Crippen LogP contribution in [-0.2, 0) is 0 Å². The summed E-state index contributed by atoms with van der Waals surface area (Å²) in [6.07, 6.45) is 0. The van der Waals surface area contributed by atoms with Crippen LogP contribution in [0.2, 0.25) is 0 Å². The van der Waals surface area contributed by atoms with Crippen molar-refractivity contribution in [1.29, 1.82) is 0 Å². The fraction of sp³-hybridized carbons (Fsp3) is 0.444. The van der Waals surface area contributed by atoms with Gasteiger partial charge in [-0.15, -0.1) is 11.3 Å². The Bertz CT molecular complexity index is 413. The van der Waals surface area contributed by atoms with Crippen molar-refractivity contribution in [2.24, 2.45) is 5.73 Å². The lowest BCUT2D eigenvalue weighted by atomic mass is 10.4. The molecule has 86 valence electrons. The normalized spacial score (nSPS) is 16.1. The Morgan fingerprint density at radius 2 is 2.06 bits per heavy atom. The van der Waals surface area contributed by atoms with Gasteiger partial charge in [0.1, 0.15) is 5.69 Å². The molecule has 5 nitrogen and oxygen atoms in total. The number of aromatic nitrogens is 1. The molecule has 1 aromatic heterocycles. The summed E-state index contributed by atoms with van der Waals surface area (Å²) in [6, 6.07) is 0. The summed E-state index contributed by atoms with van der Waals surface area (Å²) in [5.74, 6) is 1.22. The highest BCUT2D eigenvalue weighted by atomic mass is 32.2. The summed E-state index contributed by atoms with van der Waals surface area (Å²) < 4.78 is 0. The number of rotatable bonds is 2. The average molecular weight is 257 g/mol. The summed E-state index contributed by atoms with van der Waals surface area (Å²) in [4.78, 5) is 28.5. The molecule has 0 aliphatic carbocycles. The predicted octanol–water partition coefficient (Wildman–Crippen LogP) is 0.431. The highest BCUT2D eigenvalue weighted by Crippen LogP contribution is 2.16.